The molecule has 3 N–H and O–H groups in total. The Kier molecular flexibility index (Phi) is 6.24. The van der Waals surface area contributed by atoms with Crippen molar-refractivity contribution in [2.75, 3.05) is 5.32 Å². The Labute approximate surface area is 188 Å². The summed E-state index contributed by atoms with van der Waals surface area (Å²) in [6.45, 7) is 0. The highest BCUT2D eigenvalue weighted by molar-refractivity contribution is 6.33. The second-order valence-corrected chi connectivity index (χ2v) is 7.39. The Morgan fingerprint density at radius 3 is 2.29 bits per heavy atom. The van der Waals surface area contributed by atoms with Crippen molar-refractivity contribution in [3.8, 4) is 5.69 Å². The molecule has 31 heavy (non-hydrogen) atoms. The molecular formula is C23H18Cl2N2O4. The molecule has 0 radical (unpaired) electrons. The molecule has 1 heterocycles. The fourth-order valence-corrected chi connectivity index (χ4v) is 3.60. The van der Waals surface area contributed by atoms with Gasteiger partial charge in [0.25, 0.3) is 0 Å². The largest absolute Gasteiger partial charge is 0.478 e. The van der Waals surface area contributed by atoms with E-state index in [1.54, 1.807) is 24.3 Å². The third kappa shape index (κ3) is 4.35. The molecule has 0 fully saturated rings. The molecule has 0 bridgehead atoms. The number of aromatic nitrogens is 1. The van der Waals surface area contributed by atoms with Crippen LogP contribution in [0.2, 0.25) is 10.0 Å². The van der Waals surface area contributed by atoms with E-state index in [0.717, 1.165) is 10.9 Å². The molecular weight excluding hydrogens is 439 g/mol. The van der Waals surface area contributed by atoms with Gasteiger partial charge in [0.2, 0.25) is 0 Å². The van der Waals surface area contributed by atoms with E-state index in [9.17, 15) is 19.8 Å². The molecule has 0 saturated carbocycles. The van der Waals surface area contributed by atoms with E-state index in [1.165, 1.54) is 12.1 Å². The summed E-state index contributed by atoms with van der Waals surface area (Å²) in [5.41, 5.74) is 2.75. The number of hydrogen-bond acceptors (Lipinski definition) is 3. The van der Waals surface area contributed by atoms with Gasteiger partial charge in [0.1, 0.15) is 0 Å². The van der Waals surface area contributed by atoms with Gasteiger partial charge in [0, 0.05) is 28.0 Å². The number of hydrogen-bond donors (Lipinski definition) is 3. The van der Waals surface area contributed by atoms with E-state index in [2.05, 4.69) is 5.32 Å². The minimum Gasteiger partial charge on any atom is -0.478 e. The molecule has 0 aliphatic carbocycles. The van der Waals surface area contributed by atoms with Crippen molar-refractivity contribution in [3.05, 3.63) is 88.0 Å². The Morgan fingerprint density at radius 1 is 0.839 bits per heavy atom. The molecule has 0 aliphatic rings. The number of nitrogens with zero attached hydrogens (tertiary/aromatic N) is 1. The van der Waals surface area contributed by atoms with E-state index in [0.29, 0.717) is 22.1 Å². The topological polar surface area (TPSA) is 91.6 Å². The van der Waals surface area contributed by atoms with Crippen molar-refractivity contribution < 1.29 is 19.8 Å². The van der Waals surface area contributed by atoms with Crippen LogP contribution in [0.15, 0.2) is 66.9 Å². The van der Waals surface area contributed by atoms with Crippen LogP contribution in [0.25, 0.3) is 16.6 Å². The number of rotatable bonds is 5. The predicted molar refractivity (Wildman–Crippen MR) is 124 cm³/mol. The molecule has 4 rings (SSSR count). The van der Waals surface area contributed by atoms with E-state index >= 15 is 0 Å². The highest BCUT2D eigenvalue weighted by atomic mass is 35.5. The maximum absolute atomic E-state index is 11.5. The predicted octanol–water partition coefficient (Wildman–Crippen LogP) is 6.71. The van der Waals surface area contributed by atoms with Crippen LogP contribution < -0.4 is 5.32 Å². The third-order valence-corrected chi connectivity index (χ3v) is 5.20. The molecule has 0 aliphatic heterocycles. The number of carboxylic acid groups (broad SMARTS) is 2. The second-order valence-electron chi connectivity index (χ2n) is 6.55. The molecule has 158 valence electrons. The Hall–Kier alpha value is -3.48. The van der Waals surface area contributed by atoms with Crippen LogP contribution in [0.1, 0.15) is 28.1 Å². The summed E-state index contributed by atoms with van der Waals surface area (Å²) in [4.78, 5) is 22.9. The van der Waals surface area contributed by atoms with Gasteiger partial charge < -0.3 is 20.1 Å². The van der Waals surface area contributed by atoms with Gasteiger partial charge >= 0.3 is 11.9 Å². The Balaban J connectivity index is 0.00000272. The third-order valence-electron chi connectivity index (χ3n) is 4.64. The van der Waals surface area contributed by atoms with Crippen LogP contribution in [0.3, 0.4) is 0 Å². The summed E-state index contributed by atoms with van der Waals surface area (Å²) in [5.74, 6) is -2.17. The number of aromatic carboxylic acids is 2. The van der Waals surface area contributed by atoms with Crippen LogP contribution in [-0.2, 0) is 0 Å². The number of fused-ring (bicyclic) bond motifs is 1. The Bertz CT molecular complexity index is 1310. The van der Waals surface area contributed by atoms with Gasteiger partial charge in [-0.05, 0) is 60.7 Å². The first-order chi connectivity index (χ1) is 14.3. The first-order valence-electron chi connectivity index (χ1n) is 8.77. The lowest BCUT2D eigenvalue weighted by molar-refractivity contribution is 0.0686. The molecule has 0 amide bonds. The minimum atomic E-state index is -1.10. The summed E-state index contributed by atoms with van der Waals surface area (Å²) in [6.07, 6.45) is 1.83. The molecule has 0 saturated heterocycles. The maximum atomic E-state index is 11.5. The van der Waals surface area contributed by atoms with Crippen LogP contribution in [-0.4, -0.2) is 26.7 Å². The van der Waals surface area contributed by atoms with Crippen molar-refractivity contribution >= 4 is 57.4 Å². The van der Waals surface area contributed by atoms with E-state index in [-0.39, 0.29) is 23.6 Å². The molecule has 4 aromatic rings. The standard InChI is InChI=1S/C22H14Cl2N2O4.CH4/c23-13-1-5-19(17(10-13)22(29)30)25-14-2-6-20-12(9-14)7-8-26(20)15-3-4-18(24)16(11-15)21(27)28;/h1-11,25H,(H,27,28)(H,29,30);1H4. The first kappa shape index (κ1) is 22.2. The maximum Gasteiger partial charge on any atom is 0.337 e. The zero-order chi connectivity index (χ0) is 21.4. The summed E-state index contributed by atoms with van der Waals surface area (Å²) in [7, 11) is 0. The second kappa shape index (κ2) is 8.71. The van der Waals surface area contributed by atoms with Gasteiger partial charge in [0.05, 0.1) is 27.4 Å². The number of carbonyl (C=O) groups is 2. The average Bonchev–Trinajstić information content (AvgIpc) is 3.12. The molecule has 1 aromatic heterocycles. The van der Waals surface area contributed by atoms with Gasteiger partial charge in [-0.2, -0.15) is 0 Å². The van der Waals surface area contributed by atoms with Crippen LogP contribution in [0.4, 0.5) is 11.4 Å². The molecule has 8 heteroatoms. The van der Waals surface area contributed by atoms with E-state index in [4.69, 9.17) is 23.2 Å². The number of anilines is 2. The van der Waals surface area contributed by atoms with E-state index < -0.39 is 11.9 Å². The quantitative estimate of drug-likeness (QED) is 0.310. The smallest absolute Gasteiger partial charge is 0.337 e. The number of benzene rings is 3. The Morgan fingerprint density at radius 2 is 1.58 bits per heavy atom. The van der Waals surface area contributed by atoms with Crippen LogP contribution in [0.5, 0.6) is 0 Å². The first-order valence-corrected chi connectivity index (χ1v) is 9.53. The van der Waals surface area contributed by atoms with E-state index in [1.807, 2.05) is 35.0 Å². The van der Waals surface area contributed by atoms with Gasteiger partial charge in [-0.3, -0.25) is 0 Å². The van der Waals surface area contributed by atoms with Crippen LogP contribution in [0, 0.1) is 0 Å². The zero-order valence-electron chi connectivity index (χ0n) is 15.3. The summed E-state index contributed by atoms with van der Waals surface area (Å²) in [5, 5.41) is 23.2. The van der Waals surface area contributed by atoms with Crippen molar-refractivity contribution in [2.24, 2.45) is 0 Å². The highest BCUT2D eigenvalue weighted by Crippen LogP contribution is 2.29. The zero-order valence-corrected chi connectivity index (χ0v) is 16.8. The summed E-state index contributed by atoms with van der Waals surface area (Å²) < 4.78 is 1.85. The lowest BCUT2D eigenvalue weighted by atomic mass is 10.1. The summed E-state index contributed by atoms with van der Waals surface area (Å²) >= 11 is 11.9. The molecule has 0 spiro atoms. The van der Waals surface area contributed by atoms with Crippen molar-refractivity contribution in [3.63, 3.8) is 0 Å². The fraction of sp³-hybridized carbons (Fsp3) is 0.0435. The van der Waals surface area contributed by atoms with Gasteiger partial charge in [-0.1, -0.05) is 30.6 Å². The monoisotopic (exact) mass is 456 g/mol. The van der Waals surface area contributed by atoms with Crippen molar-refractivity contribution in [1.82, 2.24) is 4.57 Å². The van der Waals surface area contributed by atoms with Gasteiger partial charge in [-0.15, -0.1) is 0 Å². The average molecular weight is 457 g/mol. The molecule has 3 aromatic carbocycles. The van der Waals surface area contributed by atoms with Gasteiger partial charge in [0.15, 0.2) is 0 Å². The SMILES string of the molecule is C.O=C(O)c1cc(-n2ccc3cc(Nc4ccc(Cl)cc4C(=O)O)ccc32)ccc1Cl. The van der Waals surface area contributed by atoms with Crippen molar-refractivity contribution in [2.45, 2.75) is 7.43 Å². The lowest BCUT2D eigenvalue weighted by Gasteiger charge is -2.11. The number of nitrogens with one attached hydrogen (secondary N) is 1. The molecule has 6 nitrogen and oxygen atoms in total. The summed E-state index contributed by atoms with van der Waals surface area (Å²) in [6, 6.07) is 16.9. The normalized spacial score (nSPS) is 10.5. The fourth-order valence-electron chi connectivity index (χ4n) is 3.23. The van der Waals surface area contributed by atoms with Crippen molar-refractivity contribution in [1.29, 1.82) is 0 Å². The lowest BCUT2D eigenvalue weighted by Crippen LogP contribution is -2.02. The minimum absolute atomic E-state index is 0. The molecule has 0 unspecified atom stereocenters. The van der Waals surface area contributed by atoms with Gasteiger partial charge in [-0.25, -0.2) is 9.59 Å². The highest BCUT2D eigenvalue weighted by Gasteiger charge is 2.13. The molecule has 0 atom stereocenters. The number of halogens is 2. The van der Waals surface area contributed by atoms with Crippen LogP contribution >= 0.6 is 23.2 Å². The number of carboxylic acids is 2.